The standard InChI is InChI=1S/C24H26N4O5S/c1-3-33-23(29)20-16-25-24(26-17-20)27-11-13-28(14-12-27)34(30,31)22-9-7-18(8-10-22)19-5-4-6-21(15-19)32-2/h4-10,15-17H,3,11-14H2,1-2H3. The van der Waals surface area contributed by atoms with Gasteiger partial charge in [-0.1, -0.05) is 24.3 Å². The van der Waals surface area contributed by atoms with Crippen LogP contribution in [0.15, 0.2) is 65.8 Å². The molecule has 2 heterocycles. The molecule has 1 aliphatic heterocycles. The zero-order chi connectivity index (χ0) is 24.1. The number of nitrogens with zero attached hydrogens (tertiary/aromatic N) is 4. The summed E-state index contributed by atoms with van der Waals surface area (Å²) in [6, 6.07) is 14.5. The summed E-state index contributed by atoms with van der Waals surface area (Å²) in [6.45, 7) is 3.52. The van der Waals surface area contributed by atoms with Crippen molar-refractivity contribution in [3.8, 4) is 16.9 Å². The van der Waals surface area contributed by atoms with Gasteiger partial charge in [0.15, 0.2) is 0 Å². The van der Waals surface area contributed by atoms with Crippen molar-refractivity contribution in [3.63, 3.8) is 0 Å². The van der Waals surface area contributed by atoms with E-state index in [0.29, 0.717) is 32.1 Å². The van der Waals surface area contributed by atoms with E-state index in [1.165, 1.54) is 16.7 Å². The number of hydrogen-bond donors (Lipinski definition) is 0. The minimum atomic E-state index is -3.62. The number of rotatable bonds is 7. The number of carbonyl (C=O) groups excluding carboxylic acids is 1. The lowest BCUT2D eigenvalue weighted by Crippen LogP contribution is -2.49. The second-order valence-corrected chi connectivity index (χ2v) is 9.58. The Morgan fingerprint density at radius 3 is 2.26 bits per heavy atom. The third-order valence-corrected chi connectivity index (χ3v) is 7.48. The highest BCUT2D eigenvalue weighted by molar-refractivity contribution is 7.89. The van der Waals surface area contributed by atoms with Crippen molar-refractivity contribution >= 4 is 21.9 Å². The molecule has 3 aromatic rings. The molecular formula is C24H26N4O5S. The SMILES string of the molecule is CCOC(=O)c1cnc(N2CCN(S(=O)(=O)c3ccc(-c4cccc(OC)c4)cc3)CC2)nc1. The van der Waals surface area contributed by atoms with Crippen molar-refractivity contribution in [1.82, 2.24) is 14.3 Å². The summed E-state index contributed by atoms with van der Waals surface area (Å²) in [5.74, 6) is 0.724. The predicted molar refractivity (Wildman–Crippen MR) is 127 cm³/mol. The van der Waals surface area contributed by atoms with E-state index in [0.717, 1.165) is 16.9 Å². The van der Waals surface area contributed by atoms with E-state index in [4.69, 9.17) is 9.47 Å². The fraction of sp³-hybridized carbons (Fsp3) is 0.292. The molecule has 1 fully saturated rings. The van der Waals surface area contributed by atoms with Gasteiger partial charge in [0.25, 0.3) is 0 Å². The summed E-state index contributed by atoms with van der Waals surface area (Å²) in [5, 5.41) is 0. The maximum absolute atomic E-state index is 13.2. The van der Waals surface area contributed by atoms with Gasteiger partial charge in [0.05, 0.1) is 24.2 Å². The highest BCUT2D eigenvalue weighted by atomic mass is 32.2. The van der Waals surface area contributed by atoms with E-state index in [1.807, 2.05) is 29.2 Å². The molecule has 0 spiro atoms. The van der Waals surface area contributed by atoms with Crippen LogP contribution in [0.1, 0.15) is 17.3 Å². The van der Waals surface area contributed by atoms with Gasteiger partial charge in [-0.25, -0.2) is 23.2 Å². The van der Waals surface area contributed by atoms with Gasteiger partial charge in [0.1, 0.15) is 5.75 Å². The van der Waals surface area contributed by atoms with Gasteiger partial charge < -0.3 is 14.4 Å². The molecule has 0 unspecified atom stereocenters. The van der Waals surface area contributed by atoms with Gasteiger partial charge in [-0.2, -0.15) is 4.31 Å². The Bertz CT molecular complexity index is 1240. The summed E-state index contributed by atoms with van der Waals surface area (Å²) in [4.78, 5) is 22.4. The van der Waals surface area contributed by atoms with Crippen LogP contribution < -0.4 is 9.64 Å². The second-order valence-electron chi connectivity index (χ2n) is 7.64. The van der Waals surface area contributed by atoms with Crippen LogP contribution in [0.4, 0.5) is 5.95 Å². The van der Waals surface area contributed by atoms with Crippen molar-refractivity contribution in [2.75, 3.05) is 44.8 Å². The first-order chi connectivity index (χ1) is 16.4. The molecule has 4 rings (SSSR count). The Labute approximate surface area is 199 Å². The molecule has 0 amide bonds. The fourth-order valence-corrected chi connectivity index (χ4v) is 5.13. The molecule has 10 heteroatoms. The van der Waals surface area contributed by atoms with Gasteiger partial charge in [0, 0.05) is 38.6 Å². The number of benzene rings is 2. The number of carbonyl (C=O) groups is 1. The molecule has 0 N–H and O–H groups in total. The van der Waals surface area contributed by atoms with Gasteiger partial charge in [-0.3, -0.25) is 0 Å². The summed E-state index contributed by atoms with van der Waals surface area (Å²) in [5.41, 5.74) is 2.14. The van der Waals surface area contributed by atoms with Crippen LogP contribution in [0.5, 0.6) is 5.75 Å². The molecule has 0 atom stereocenters. The monoisotopic (exact) mass is 482 g/mol. The molecule has 1 saturated heterocycles. The van der Waals surface area contributed by atoms with Crippen LogP contribution in [0.2, 0.25) is 0 Å². The number of aromatic nitrogens is 2. The molecule has 2 aromatic carbocycles. The highest BCUT2D eigenvalue weighted by Crippen LogP contribution is 2.26. The number of ether oxygens (including phenoxy) is 2. The molecule has 178 valence electrons. The Balaban J connectivity index is 1.41. The molecule has 0 bridgehead atoms. The van der Waals surface area contributed by atoms with E-state index in [-0.39, 0.29) is 17.1 Å². The van der Waals surface area contributed by atoms with Crippen molar-refractivity contribution in [2.45, 2.75) is 11.8 Å². The molecule has 0 radical (unpaired) electrons. The first-order valence-electron chi connectivity index (χ1n) is 10.9. The van der Waals surface area contributed by atoms with Crippen LogP contribution >= 0.6 is 0 Å². The van der Waals surface area contributed by atoms with Crippen molar-refractivity contribution < 1.29 is 22.7 Å². The highest BCUT2D eigenvalue weighted by Gasteiger charge is 2.29. The third kappa shape index (κ3) is 5.02. The van der Waals surface area contributed by atoms with Crippen molar-refractivity contribution in [2.24, 2.45) is 0 Å². The van der Waals surface area contributed by atoms with E-state index in [2.05, 4.69) is 9.97 Å². The maximum Gasteiger partial charge on any atom is 0.341 e. The second kappa shape index (κ2) is 10.2. The van der Waals surface area contributed by atoms with E-state index < -0.39 is 16.0 Å². The molecule has 1 aromatic heterocycles. The van der Waals surface area contributed by atoms with Crippen LogP contribution in [0, 0.1) is 0 Å². The van der Waals surface area contributed by atoms with Gasteiger partial charge in [-0.15, -0.1) is 0 Å². The number of methoxy groups -OCH3 is 1. The molecule has 0 saturated carbocycles. The Morgan fingerprint density at radius 2 is 1.65 bits per heavy atom. The zero-order valence-electron chi connectivity index (χ0n) is 19.0. The number of esters is 1. The van der Waals surface area contributed by atoms with Gasteiger partial charge in [0.2, 0.25) is 16.0 Å². The average Bonchev–Trinajstić information content (AvgIpc) is 2.89. The Morgan fingerprint density at radius 1 is 0.971 bits per heavy atom. The van der Waals surface area contributed by atoms with Gasteiger partial charge in [-0.05, 0) is 42.3 Å². The summed E-state index contributed by atoms with van der Waals surface area (Å²) >= 11 is 0. The lowest BCUT2D eigenvalue weighted by atomic mass is 10.1. The first kappa shape index (κ1) is 23.7. The number of anilines is 1. The zero-order valence-corrected chi connectivity index (χ0v) is 19.9. The minimum absolute atomic E-state index is 0.252. The third-order valence-electron chi connectivity index (χ3n) is 5.57. The van der Waals surface area contributed by atoms with E-state index in [1.54, 1.807) is 38.3 Å². The minimum Gasteiger partial charge on any atom is -0.497 e. The Hall–Kier alpha value is -3.50. The normalized spacial score (nSPS) is 14.6. The Kier molecular flexibility index (Phi) is 7.09. The van der Waals surface area contributed by atoms with Crippen LogP contribution in [0.25, 0.3) is 11.1 Å². The number of sulfonamides is 1. The van der Waals surface area contributed by atoms with Crippen LogP contribution in [-0.2, 0) is 14.8 Å². The fourth-order valence-electron chi connectivity index (χ4n) is 3.70. The quantitative estimate of drug-likeness (QED) is 0.474. The molecule has 1 aliphatic rings. The average molecular weight is 483 g/mol. The van der Waals surface area contributed by atoms with Crippen LogP contribution in [-0.4, -0.2) is 68.6 Å². The van der Waals surface area contributed by atoms with Crippen molar-refractivity contribution in [1.29, 1.82) is 0 Å². The predicted octanol–water partition coefficient (Wildman–Crippen LogP) is 2.84. The van der Waals surface area contributed by atoms with Crippen LogP contribution in [0.3, 0.4) is 0 Å². The summed E-state index contributed by atoms with van der Waals surface area (Å²) in [7, 11) is -2.01. The van der Waals surface area contributed by atoms with Crippen molar-refractivity contribution in [3.05, 3.63) is 66.5 Å². The number of piperazine rings is 1. The largest absolute Gasteiger partial charge is 0.497 e. The van der Waals surface area contributed by atoms with Gasteiger partial charge >= 0.3 is 5.97 Å². The summed E-state index contributed by atoms with van der Waals surface area (Å²) < 4.78 is 38.0. The molecule has 9 nitrogen and oxygen atoms in total. The first-order valence-corrected chi connectivity index (χ1v) is 12.3. The lowest BCUT2D eigenvalue weighted by Gasteiger charge is -2.34. The van der Waals surface area contributed by atoms with E-state index in [9.17, 15) is 13.2 Å². The summed E-state index contributed by atoms with van der Waals surface area (Å²) in [6.07, 6.45) is 2.85. The lowest BCUT2D eigenvalue weighted by molar-refractivity contribution is 0.0525. The smallest absolute Gasteiger partial charge is 0.341 e. The molecule has 34 heavy (non-hydrogen) atoms. The number of hydrogen-bond acceptors (Lipinski definition) is 8. The molecular weight excluding hydrogens is 456 g/mol. The van der Waals surface area contributed by atoms with E-state index >= 15 is 0 Å². The topological polar surface area (TPSA) is 102 Å². The maximum atomic E-state index is 13.2. The molecule has 0 aliphatic carbocycles.